The van der Waals surface area contributed by atoms with Gasteiger partial charge in [-0.15, -0.1) is 3.89 Å². The number of ketones is 1. The number of Topliss-reactive ketones (excluding diaryl/α,β-unsaturated/α-hetero) is 1. The fourth-order valence-corrected chi connectivity index (χ4v) is 4.05. The Hall–Kier alpha value is -3.79. The van der Waals surface area contributed by atoms with Gasteiger partial charge in [0.2, 0.25) is 11.8 Å². The van der Waals surface area contributed by atoms with Crippen molar-refractivity contribution in [3.8, 4) is 28.3 Å². The Balaban J connectivity index is 2.09. The zero-order valence-corrected chi connectivity index (χ0v) is 18.2. The summed E-state index contributed by atoms with van der Waals surface area (Å²) in [4.78, 5) is 36.7. The fourth-order valence-electron chi connectivity index (χ4n) is 3.53. The van der Waals surface area contributed by atoms with Crippen LogP contribution in [0.5, 0.6) is 5.88 Å². The number of hydrogen-bond acceptors (Lipinski definition) is 7. The number of ether oxygens (including phenoxy) is 1. The van der Waals surface area contributed by atoms with Gasteiger partial charge < -0.3 is 10.1 Å². The summed E-state index contributed by atoms with van der Waals surface area (Å²) in [7, 11) is 1.51. The van der Waals surface area contributed by atoms with Gasteiger partial charge in [0.1, 0.15) is 5.82 Å². The lowest BCUT2D eigenvalue weighted by Crippen LogP contribution is -2.07. The first kappa shape index (κ1) is 21.4. The molecule has 10 heteroatoms. The Morgan fingerprint density at radius 1 is 1.06 bits per heavy atom. The van der Waals surface area contributed by atoms with E-state index in [1.54, 1.807) is 36.5 Å². The van der Waals surface area contributed by atoms with Crippen LogP contribution in [0.15, 0.2) is 48.9 Å². The molecule has 0 fully saturated rings. The van der Waals surface area contributed by atoms with Crippen molar-refractivity contribution in [2.24, 2.45) is 0 Å². The minimum absolute atomic E-state index is 0.0342. The van der Waals surface area contributed by atoms with Crippen LogP contribution in [0.2, 0.25) is 0 Å². The molecule has 0 aliphatic carbocycles. The first-order valence-corrected chi connectivity index (χ1v) is 10.2. The molecule has 0 aliphatic rings. The highest BCUT2D eigenvalue weighted by Gasteiger charge is 2.25. The zero-order chi connectivity index (χ0) is 22.8. The smallest absolute Gasteiger partial charge is 0.222 e. The maximum Gasteiger partial charge on any atom is 0.222 e. The van der Waals surface area contributed by atoms with Gasteiger partial charge in [-0.2, -0.15) is 0 Å². The number of aromatic nitrogens is 4. The van der Waals surface area contributed by atoms with Crippen LogP contribution in [0.4, 0.5) is 9.70 Å². The lowest BCUT2D eigenvalue weighted by atomic mass is 10.0. The van der Waals surface area contributed by atoms with Crippen LogP contribution in [0, 0.1) is 0 Å². The Labute approximate surface area is 187 Å². The second kappa shape index (κ2) is 8.75. The van der Waals surface area contributed by atoms with Gasteiger partial charge >= 0.3 is 0 Å². The van der Waals surface area contributed by atoms with Gasteiger partial charge in [-0.05, 0) is 31.2 Å². The van der Waals surface area contributed by atoms with Crippen molar-refractivity contribution in [3.05, 3.63) is 54.5 Å². The Bertz CT molecular complexity index is 1340. The molecular formula is C22H18FN5O3S. The van der Waals surface area contributed by atoms with E-state index in [1.165, 1.54) is 37.3 Å². The number of pyridine rings is 3. The van der Waals surface area contributed by atoms with Crippen molar-refractivity contribution >= 4 is 40.9 Å². The largest absolute Gasteiger partial charge is 0.481 e. The number of fused-ring (bicyclic) bond motifs is 1. The van der Waals surface area contributed by atoms with Gasteiger partial charge in [-0.1, -0.05) is 0 Å². The fraction of sp³-hybridized carbons (Fsp3) is 0.136. The summed E-state index contributed by atoms with van der Waals surface area (Å²) in [5.74, 6) is 0.238. The highest BCUT2D eigenvalue weighted by atomic mass is 32.2. The average molecular weight is 451 g/mol. The van der Waals surface area contributed by atoms with Crippen molar-refractivity contribution in [2.45, 2.75) is 13.8 Å². The maximum atomic E-state index is 14.4. The normalized spacial score (nSPS) is 10.9. The molecule has 0 bridgehead atoms. The molecule has 0 saturated heterocycles. The summed E-state index contributed by atoms with van der Waals surface area (Å²) in [5.41, 5.74) is 3.41. The lowest BCUT2D eigenvalue weighted by molar-refractivity contribution is -0.114. The van der Waals surface area contributed by atoms with Crippen molar-refractivity contribution in [3.63, 3.8) is 0 Å². The van der Waals surface area contributed by atoms with E-state index in [1.807, 2.05) is 0 Å². The van der Waals surface area contributed by atoms with Crippen LogP contribution in [0.1, 0.15) is 24.2 Å². The van der Waals surface area contributed by atoms with Crippen LogP contribution < -0.4 is 10.1 Å². The van der Waals surface area contributed by atoms with E-state index in [2.05, 4.69) is 20.3 Å². The van der Waals surface area contributed by atoms with Crippen LogP contribution in [-0.4, -0.2) is 37.7 Å². The van der Waals surface area contributed by atoms with Gasteiger partial charge in [0, 0.05) is 53.8 Å². The highest BCUT2D eigenvalue weighted by molar-refractivity contribution is 7.93. The molecule has 1 N–H and O–H groups in total. The van der Waals surface area contributed by atoms with E-state index in [9.17, 15) is 13.5 Å². The molecule has 0 unspecified atom stereocenters. The number of methoxy groups -OCH3 is 1. The maximum absolute atomic E-state index is 14.4. The standard InChI is InChI=1S/C22H18FN5O3S/c1-12(29)16-7-9-25-20-19(15-4-5-18(31-3)26-11-15)21(28(32-23)22(16)20)14-6-8-24-17(10-14)27-13(2)30/h4-11H,1-3H3,(H,24,27,30). The number of halogens is 1. The molecule has 4 heterocycles. The van der Waals surface area contributed by atoms with E-state index in [-0.39, 0.29) is 24.0 Å². The molecule has 0 radical (unpaired) electrons. The average Bonchev–Trinajstić information content (AvgIpc) is 3.13. The SMILES string of the molecule is COc1ccc(-c2c(-c3ccnc(NC(C)=O)c3)n(SF)c3c(C(C)=O)ccnc23)cn1. The molecule has 0 atom stereocenters. The predicted octanol–water partition coefficient (Wildman–Crippen LogP) is 4.71. The number of rotatable bonds is 6. The zero-order valence-electron chi connectivity index (χ0n) is 17.4. The monoisotopic (exact) mass is 451 g/mol. The number of nitrogens with one attached hydrogen (secondary N) is 1. The van der Waals surface area contributed by atoms with Crippen LogP contribution in [-0.2, 0) is 4.79 Å². The number of anilines is 1. The molecule has 8 nitrogen and oxygen atoms in total. The molecule has 162 valence electrons. The minimum Gasteiger partial charge on any atom is -0.481 e. The third kappa shape index (κ3) is 3.80. The number of nitrogens with zero attached hydrogens (tertiary/aromatic N) is 4. The van der Waals surface area contributed by atoms with E-state index in [0.29, 0.717) is 50.7 Å². The Morgan fingerprint density at radius 3 is 2.47 bits per heavy atom. The van der Waals surface area contributed by atoms with Gasteiger partial charge in [0.15, 0.2) is 18.1 Å². The lowest BCUT2D eigenvalue weighted by Gasteiger charge is -2.10. The van der Waals surface area contributed by atoms with E-state index >= 15 is 0 Å². The van der Waals surface area contributed by atoms with Crippen molar-refractivity contribution < 1.29 is 18.2 Å². The third-order valence-electron chi connectivity index (χ3n) is 4.82. The van der Waals surface area contributed by atoms with E-state index in [0.717, 1.165) is 0 Å². The molecule has 0 spiro atoms. The summed E-state index contributed by atoms with van der Waals surface area (Å²) in [6.07, 6.45) is 4.63. The van der Waals surface area contributed by atoms with Gasteiger partial charge in [-0.3, -0.25) is 18.5 Å². The first-order chi connectivity index (χ1) is 15.4. The molecular weight excluding hydrogens is 433 g/mol. The number of amides is 1. The molecule has 0 saturated carbocycles. The molecule has 4 rings (SSSR count). The summed E-state index contributed by atoms with van der Waals surface area (Å²) >= 11 is -0.0342. The third-order valence-corrected chi connectivity index (χ3v) is 5.33. The summed E-state index contributed by atoms with van der Waals surface area (Å²) in [6, 6.07) is 8.37. The topological polar surface area (TPSA) is 99.0 Å². The molecule has 0 aliphatic heterocycles. The van der Waals surface area contributed by atoms with Crippen molar-refractivity contribution in [1.82, 2.24) is 18.9 Å². The summed E-state index contributed by atoms with van der Waals surface area (Å²) < 4.78 is 20.9. The van der Waals surface area contributed by atoms with Gasteiger partial charge in [0.05, 0.1) is 23.8 Å². The summed E-state index contributed by atoms with van der Waals surface area (Å²) in [5, 5.41) is 2.63. The predicted molar refractivity (Wildman–Crippen MR) is 121 cm³/mol. The van der Waals surface area contributed by atoms with E-state index in [4.69, 9.17) is 4.74 Å². The minimum atomic E-state index is -0.282. The van der Waals surface area contributed by atoms with Gasteiger partial charge in [0.25, 0.3) is 0 Å². The number of carbonyl (C=O) groups excluding carboxylic acids is 2. The first-order valence-electron chi connectivity index (χ1n) is 9.52. The molecule has 0 aromatic carbocycles. The molecule has 4 aromatic rings. The van der Waals surface area contributed by atoms with Crippen LogP contribution in [0.3, 0.4) is 0 Å². The second-order valence-corrected chi connectivity index (χ2v) is 7.40. The van der Waals surface area contributed by atoms with Crippen molar-refractivity contribution in [1.29, 1.82) is 0 Å². The molecule has 32 heavy (non-hydrogen) atoms. The number of carbonyl (C=O) groups is 2. The highest BCUT2D eigenvalue weighted by Crippen LogP contribution is 2.43. The summed E-state index contributed by atoms with van der Waals surface area (Å²) in [6.45, 7) is 2.80. The quantitative estimate of drug-likeness (QED) is 0.424. The van der Waals surface area contributed by atoms with E-state index < -0.39 is 0 Å². The second-order valence-electron chi connectivity index (χ2n) is 6.90. The molecule has 1 amide bonds. The van der Waals surface area contributed by atoms with Crippen molar-refractivity contribution in [2.75, 3.05) is 12.4 Å². The number of hydrogen-bond donors (Lipinski definition) is 1. The Morgan fingerprint density at radius 2 is 1.84 bits per heavy atom. The van der Waals surface area contributed by atoms with Crippen LogP contribution in [0.25, 0.3) is 33.4 Å². The van der Waals surface area contributed by atoms with Crippen LogP contribution >= 0.6 is 12.3 Å². The molecule has 4 aromatic heterocycles. The van der Waals surface area contributed by atoms with Gasteiger partial charge in [-0.25, -0.2) is 9.97 Å². The Kier molecular flexibility index (Phi) is 5.87.